The molecule has 170 valence electrons. The number of nitrogens with zero attached hydrogens (tertiary/aromatic N) is 2. The first-order valence-electron chi connectivity index (χ1n) is 9.70. The summed E-state index contributed by atoms with van der Waals surface area (Å²) in [5, 5.41) is 7.53. The highest BCUT2D eigenvalue weighted by Crippen LogP contribution is 2.30. The maximum absolute atomic E-state index is 12.9. The van der Waals surface area contributed by atoms with Crippen LogP contribution in [0.25, 0.3) is 11.3 Å². The molecule has 0 unspecified atom stereocenters. The van der Waals surface area contributed by atoms with Crippen LogP contribution in [-0.2, 0) is 19.9 Å². The molecule has 2 aromatic carbocycles. The first-order valence-corrected chi connectivity index (χ1v) is 13.1. The van der Waals surface area contributed by atoms with Gasteiger partial charge in [-0.05, 0) is 50.2 Å². The molecule has 0 saturated heterocycles. The molecule has 0 atom stereocenters. The number of aromatic nitrogens is 2. The second-order valence-electron chi connectivity index (χ2n) is 6.69. The Morgan fingerprint density at radius 2 is 1.53 bits per heavy atom. The van der Waals surface area contributed by atoms with Crippen molar-refractivity contribution in [1.29, 1.82) is 0 Å². The number of rotatable bonds is 9. The largest absolute Gasteiger partial charge is 0.494 e. The molecule has 0 aliphatic carbocycles. The van der Waals surface area contributed by atoms with Crippen LogP contribution in [0, 0.1) is 0 Å². The van der Waals surface area contributed by atoms with Crippen LogP contribution in [0.2, 0.25) is 0 Å². The van der Waals surface area contributed by atoms with Gasteiger partial charge in [0.15, 0.2) is 14.9 Å². The average molecular weight is 478 g/mol. The quantitative estimate of drug-likeness (QED) is 0.498. The third-order valence-corrected chi connectivity index (χ3v) is 6.67. The summed E-state index contributed by atoms with van der Waals surface area (Å²) < 4.78 is 62.3. The Bertz CT molecular complexity index is 1290. The molecule has 32 heavy (non-hydrogen) atoms. The van der Waals surface area contributed by atoms with Crippen LogP contribution in [-0.4, -0.2) is 46.5 Å². The van der Waals surface area contributed by atoms with Crippen LogP contribution in [0.4, 0.5) is 5.69 Å². The first-order chi connectivity index (χ1) is 15.1. The van der Waals surface area contributed by atoms with E-state index in [0.29, 0.717) is 35.9 Å². The van der Waals surface area contributed by atoms with E-state index < -0.39 is 19.9 Å². The molecule has 9 nitrogen and oxygen atoms in total. The van der Waals surface area contributed by atoms with Gasteiger partial charge in [0.25, 0.3) is 10.0 Å². The summed E-state index contributed by atoms with van der Waals surface area (Å²) in [5.74, 6) is 0.714. The van der Waals surface area contributed by atoms with E-state index in [1.807, 2.05) is 6.92 Å². The molecule has 11 heteroatoms. The fraction of sp³-hybridized carbons (Fsp3) is 0.238. The maximum Gasteiger partial charge on any atom is 0.265 e. The van der Waals surface area contributed by atoms with E-state index in [4.69, 9.17) is 9.47 Å². The van der Waals surface area contributed by atoms with Crippen molar-refractivity contribution in [2.45, 2.75) is 23.8 Å². The predicted molar refractivity (Wildman–Crippen MR) is 120 cm³/mol. The summed E-state index contributed by atoms with van der Waals surface area (Å²) >= 11 is 0. The molecule has 0 fully saturated rings. The highest BCUT2D eigenvalue weighted by Gasteiger charge is 2.21. The van der Waals surface area contributed by atoms with E-state index >= 15 is 0 Å². The minimum Gasteiger partial charge on any atom is -0.494 e. The fourth-order valence-electron chi connectivity index (χ4n) is 2.83. The smallest absolute Gasteiger partial charge is 0.265 e. The summed E-state index contributed by atoms with van der Waals surface area (Å²) in [6.45, 7) is 4.35. The third-order valence-electron chi connectivity index (χ3n) is 4.27. The lowest BCUT2D eigenvalue weighted by Gasteiger charge is -2.14. The second kappa shape index (κ2) is 9.53. The Morgan fingerprint density at radius 3 is 2.09 bits per heavy atom. The molecule has 0 spiro atoms. The van der Waals surface area contributed by atoms with Gasteiger partial charge in [-0.2, -0.15) is 0 Å². The minimum absolute atomic E-state index is 0.00545. The van der Waals surface area contributed by atoms with Crippen LogP contribution < -0.4 is 14.2 Å². The zero-order chi connectivity index (χ0) is 23.4. The van der Waals surface area contributed by atoms with Crippen molar-refractivity contribution in [2.75, 3.05) is 24.2 Å². The van der Waals surface area contributed by atoms with Gasteiger partial charge in [0, 0.05) is 23.6 Å². The van der Waals surface area contributed by atoms with Gasteiger partial charge >= 0.3 is 0 Å². The van der Waals surface area contributed by atoms with Crippen molar-refractivity contribution in [2.24, 2.45) is 0 Å². The van der Waals surface area contributed by atoms with E-state index in [9.17, 15) is 16.8 Å². The summed E-state index contributed by atoms with van der Waals surface area (Å²) in [7, 11) is -7.36. The van der Waals surface area contributed by atoms with Gasteiger partial charge in [-0.15, -0.1) is 10.2 Å². The van der Waals surface area contributed by atoms with Crippen molar-refractivity contribution in [1.82, 2.24) is 10.2 Å². The van der Waals surface area contributed by atoms with Gasteiger partial charge in [0.05, 0.1) is 18.9 Å². The molecule has 3 aromatic rings. The molecule has 1 N–H and O–H groups in total. The van der Waals surface area contributed by atoms with E-state index in [0.717, 1.165) is 6.26 Å². The van der Waals surface area contributed by atoms with Crippen LogP contribution in [0.5, 0.6) is 11.5 Å². The fourth-order valence-corrected chi connectivity index (χ4v) is 4.52. The van der Waals surface area contributed by atoms with Crippen molar-refractivity contribution in [3.63, 3.8) is 0 Å². The van der Waals surface area contributed by atoms with Crippen molar-refractivity contribution < 1.29 is 26.3 Å². The van der Waals surface area contributed by atoms with Gasteiger partial charge < -0.3 is 9.47 Å². The number of sulfone groups is 1. The van der Waals surface area contributed by atoms with Gasteiger partial charge in [0.2, 0.25) is 0 Å². The van der Waals surface area contributed by atoms with E-state index in [1.165, 1.54) is 18.2 Å². The molecule has 1 aromatic heterocycles. The van der Waals surface area contributed by atoms with Gasteiger partial charge in [0.1, 0.15) is 16.4 Å². The number of benzene rings is 2. The van der Waals surface area contributed by atoms with Crippen LogP contribution in [0.3, 0.4) is 0 Å². The van der Waals surface area contributed by atoms with Crippen LogP contribution >= 0.6 is 0 Å². The maximum atomic E-state index is 12.9. The van der Waals surface area contributed by atoms with Gasteiger partial charge in [-0.3, -0.25) is 4.72 Å². The average Bonchev–Trinajstić information content (AvgIpc) is 2.74. The van der Waals surface area contributed by atoms with Gasteiger partial charge in [-0.1, -0.05) is 12.1 Å². The Hall–Kier alpha value is -3.18. The lowest BCUT2D eigenvalue weighted by atomic mass is 10.1. The third kappa shape index (κ3) is 5.54. The molecule has 0 amide bonds. The van der Waals surface area contributed by atoms with Crippen molar-refractivity contribution in [3.05, 3.63) is 54.6 Å². The second-order valence-corrected chi connectivity index (χ2v) is 10.3. The lowest BCUT2D eigenvalue weighted by Crippen LogP contribution is -2.14. The van der Waals surface area contributed by atoms with E-state index in [-0.39, 0.29) is 15.7 Å². The van der Waals surface area contributed by atoms with Gasteiger partial charge in [-0.25, -0.2) is 16.8 Å². The highest BCUT2D eigenvalue weighted by atomic mass is 32.2. The number of anilines is 1. The van der Waals surface area contributed by atoms with Crippen LogP contribution in [0.1, 0.15) is 13.8 Å². The zero-order valence-electron chi connectivity index (χ0n) is 17.8. The number of nitrogens with one attached hydrogen (secondary N) is 1. The summed E-state index contributed by atoms with van der Waals surface area (Å²) in [6, 6.07) is 13.9. The molecule has 0 bridgehead atoms. The van der Waals surface area contributed by atoms with Crippen molar-refractivity contribution in [3.8, 4) is 22.8 Å². The number of sulfonamides is 1. The normalized spacial score (nSPS) is 11.7. The standard InChI is InChI=1S/C21H23N3O6S2/c1-4-29-17-10-12-20(19(14-17)30-5-2)32(27,28)24-16-8-6-15(7-9-16)18-11-13-21(23-22-18)31(3,25)26/h6-14,24H,4-5H2,1-3H3. The minimum atomic E-state index is -3.92. The van der Waals surface area contributed by atoms with Crippen LogP contribution in [0.15, 0.2) is 64.5 Å². The molecule has 3 rings (SSSR count). The SMILES string of the molecule is CCOc1ccc(S(=O)(=O)Nc2ccc(-c3ccc(S(C)(=O)=O)nn3)cc2)c(OCC)c1. The summed E-state index contributed by atoms with van der Waals surface area (Å²) in [5.41, 5.74) is 1.44. The van der Waals surface area contributed by atoms with E-state index in [1.54, 1.807) is 43.3 Å². The first kappa shape index (κ1) is 23.5. The number of ether oxygens (including phenoxy) is 2. The molecule has 1 heterocycles. The molecule has 0 aliphatic heterocycles. The number of hydrogen-bond donors (Lipinski definition) is 1. The molecular formula is C21H23N3O6S2. The van der Waals surface area contributed by atoms with E-state index in [2.05, 4.69) is 14.9 Å². The summed E-state index contributed by atoms with van der Waals surface area (Å²) in [4.78, 5) is -0.00545. The monoisotopic (exact) mass is 477 g/mol. The summed E-state index contributed by atoms with van der Waals surface area (Å²) in [6.07, 6.45) is 1.05. The number of hydrogen-bond acceptors (Lipinski definition) is 8. The zero-order valence-corrected chi connectivity index (χ0v) is 19.4. The topological polar surface area (TPSA) is 125 Å². The molecular weight excluding hydrogens is 454 g/mol. The van der Waals surface area contributed by atoms with Crippen molar-refractivity contribution >= 4 is 25.5 Å². The highest BCUT2D eigenvalue weighted by molar-refractivity contribution is 7.92. The Kier molecular flexibility index (Phi) is 6.99. The molecule has 0 saturated carbocycles. The Balaban J connectivity index is 1.83. The molecule has 0 aliphatic rings. The predicted octanol–water partition coefficient (Wildman–Crippen LogP) is 3.15. The Labute approximate surface area is 187 Å². The lowest BCUT2D eigenvalue weighted by molar-refractivity contribution is 0.317. The molecule has 0 radical (unpaired) electrons. The Morgan fingerprint density at radius 1 is 0.844 bits per heavy atom.